The molecule has 0 spiro atoms. The van der Waals surface area contributed by atoms with Crippen LogP contribution in [0.5, 0.6) is 0 Å². The highest BCUT2D eigenvalue weighted by atomic mass is 19.4. The SMILES string of the molecule is Cn1cc(NC(=O)c2cccc(C3CCOC3)c2)c(C(F)(F)F)n1. The van der Waals surface area contributed by atoms with E-state index in [1.54, 1.807) is 18.2 Å². The number of benzene rings is 1. The molecule has 1 unspecified atom stereocenters. The lowest BCUT2D eigenvalue weighted by Crippen LogP contribution is -2.16. The number of alkyl halides is 3. The Balaban J connectivity index is 1.82. The Morgan fingerprint density at radius 1 is 1.42 bits per heavy atom. The highest BCUT2D eigenvalue weighted by Crippen LogP contribution is 2.33. The van der Waals surface area contributed by atoms with Crippen LogP contribution in [0.25, 0.3) is 0 Å². The maximum Gasteiger partial charge on any atom is 0.437 e. The standard InChI is InChI=1S/C16H16F3N3O2/c1-22-8-13(14(21-22)16(17,18)19)20-15(23)11-4-2-3-10(7-11)12-5-6-24-9-12/h2-4,7-8,12H,5-6,9H2,1H3,(H,20,23). The Morgan fingerprint density at radius 3 is 2.88 bits per heavy atom. The fourth-order valence-electron chi connectivity index (χ4n) is 2.72. The minimum atomic E-state index is -4.63. The van der Waals surface area contributed by atoms with Crippen LogP contribution in [-0.4, -0.2) is 28.9 Å². The number of anilines is 1. The van der Waals surface area contributed by atoms with Crippen LogP contribution in [0.4, 0.5) is 18.9 Å². The number of nitrogens with one attached hydrogen (secondary N) is 1. The van der Waals surface area contributed by atoms with Crippen molar-refractivity contribution in [3.05, 3.63) is 47.3 Å². The first-order valence-electron chi connectivity index (χ1n) is 7.44. The third-order valence-electron chi connectivity index (χ3n) is 3.90. The van der Waals surface area contributed by atoms with Crippen LogP contribution in [0.3, 0.4) is 0 Å². The van der Waals surface area contributed by atoms with Crippen LogP contribution in [-0.2, 0) is 18.0 Å². The lowest BCUT2D eigenvalue weighted by molar-refractivity contribution is -0.140. The van der Waals surface area contributed by atoms with E-state index in [2.05, 4.69) is 10.4 Å². The van der Waals surface area contributed by atoms with Crippen molar-refractivity contribution in [1.82, 2.24) is 9.78 Å². The van der Waals surface area contributed by atoms with Crippen molar-refractivity contribution in [2.45, 2.75) is 18.5 Å². The predicted octanol–water partition coefficient (Wildman–Crippen LogP) is 3.20. The third kappa shape index (κ3) is 3.43. The second kappa shape index (κ2) is 6.27. The summed E-state index contributed by atoms with van der Waals surface area (Å²) in [7, 11) is 1.37. The van der Waals surface area contributed by atoms with Crippen LogP contribution in [0.15, 0.2) is 30.5 Å². The van der Waals surface area contributed by atoms with E-state index in [0.29, 0.717) is 18.8 Å². The Bertz CT molecular complexity index is 749. The Hall–Kier alpha value is -2.35. The van der Waals surface area contributed by atoms with E-state index in [1.807, 2.05) is 6.07 Å². The molecular formula is C16H16F3N3O2. The molecular weight excluding hydrogens is 323 g/mol. The number of halogens is 3. The van der Waals surface area contributed by atoms with Gasteiger partial charge in [-0.3, -0.25) is 9.48 Å². The van der Waals surface area contributed by atoms with E-state index in [0.717, 1.165) is 22.9 Å². The molecule has 1 aromatic heterocycles. The van der Waals surface area contributed by atoms with Gasteiger partial charge in [0, 0.05) is 31.3 Å². The number of ether oxygens (including phenoxy) is 1. The molecule has 8 heteroatoms. The number of carbonyl (C=O) groups excluding carboxylic acids is 1. The van der Waals surface area contributed by atoms with Crippen molar-refractivity contribution < 1.29 is 22.7 Å². The van der Waals surface area contributed by atoms with E-state index in [9.17, 15) is 18.0 Å². The van der Waals surface area contributed by atoms with Gasteiger partial charge in [-0.1, -0.05) is 12.1 Å². The Kier molecular flexibility index (Phi) is 4.31. The molecule has 0 aliphatic carbocycles. The van der Waals surface area contributed by atoms with Crippen LogP contribution < -0.4 is 5.32 Å². The summed E-state index contributed by atoms with van der Waals surface area (Å²) in [6, 6.07) is 6.87. The van der Waals surface area contributed by atoms with Gasteiger partial charge in [0.1, 0.15) is 0 Å². The summed E-state index contributed by atoms with van der Waals surface area (Å²) in [5.41, 5.74) is -0.220. The summed E-state index contributed by atoms with van der Waals surface area (Å²) in [5, 5.41) is 5.67. The van der Waals surface area contributed by atoms with Crippen LogP contribution in [0.2, 0.25) is 0 Å². The van der Waals surface area contributed by atoms with E-state index in [-0.39, 0.29) is 11.6 Å². The second-order valence-electron chi connectivity index (χ2n) is 5.70. The topological polar surface area (TPSA) is 56.2 Å². The van der Waals surface area contributed by atoms with Crippen molar-refractivity contribution in [2.75, 3.05) is 18.5 Å². The lowest BCUT2D eigenvalue weighted by atomic mass is 9.96. The molecule has 1 aliphatic heterocycles. The van der Waals surface area contributed by atoms with E-state index < -0.39 is 17.8 Å². The summed E-state index contributed by atoms with van der Waals surface area (Å²) < 4.78 is 45.2. The first kappa shape index (κ1) is 16.5. The molecule has 0 bridgehead atoms. The van der Waals surface area contributed by atoms with Gasteiger partial charge in [0.15, 0.2) is 5.69 Å². The molecule has 128 valence electrons. The number of hydrogen-bond donors (Lipinski definition) is 1. The molecule has 3 rings (SSSR count). The summed E-state index contributed by atoms with van der Waals surface area (Å²) in [6.07, 6.45) is -2.63. The summed E-state index contributed by atoms with van der Waals surface area (Å²) >= 11 is 0. The van der Waals surface area contributed by atoms with Gasteiger partial charge in [-0.05, 0) is 24.1 Å². The fraction of sp³-hybridized carbons (Fsp3) is 0.375. The molecule has 0 saturated carbocycles. The van der Waals surface area contributed by atoms with Crippen molar-refractivity contribution >= 4 is 11.6 Å². The van der Waals surface area contributed by atoms with Gasteiger partial charge in [-0.2, -0.15) is 18.3 Å². The van der Waals surface area contributed by atoms with Gasteiger partial charge < -0.3 is 10.1 Å². The van der Waals surface area contributed by atoms with Crippen LogP contribution in [0, 0.1) is 0 Å². The van der Waals surface area contributed by atoms with Crippen LogP contribution in [0.1, 0.15) is 34.0 Å². The van der Waals surface area contributed by atoms with E-state index >= 15 is 0 Å². The number of aromatic nitrogens is 2. The Labute approximate surface area is 136 Å². The van der Waals surface area contributed by atoms with Gasteiger partial charge in [0.2, 0.25) is 0 Å². The van der Waals surface area contributed by atoms with Crippen molar-refractivity contribution in [2.24, 2.45) is 7.05 Å². The average molecular weight is 339 g/mol. The van der Waals surface area contributed by atoms with E-state index in [4.69, 9.17) is 4.74 Å². The zero-order valence-corrected chi connectivity index (χ0v) is 12.9. The quantitative estimate of drug-likeness (QED) is 0.934. The largest absolute Gasteiger partial charge is 0.437 e. The Morgan fingerprint density at radius 2 is 2.21 bits per heavy atom. The smallest absolute Gasteiger partial charge is 0.381 e. The van der Waals surface area contributed by atoms with Gasteiger partial charge in [0.25, 0.3) is 5.91 Å². The van der Waals surface area contributed by atoms with Crippen LogP contribution >= 0.6 is 0 Å². The first-order chi connectivity index (χ1) is 11.3. The molecule has 5 nitrogen and oxygen atoms in total. The number of hydrogen-bond acceptors (Lipinski definition) is 3. The maximum atomic E-state index is 12.9. The minimum absolute atomic E-state index is 0.210. The number of amides is 1. The normalized spacial score (nSPS) is 17.9. The van der Waals surface area contributed by atoms with E-state index in [1.165, 1.54) is 7.05 Å². The zero-order chi connectivity index (χ0) is 17.3. The zero-order valence-electron chi connectivity index (χ0n) is 12.9. The summed E-state index contributed by atoms with van der Waals surface area (Å²) in [4.78, 5) is 12.3. The number of nitrogens with zero attached hydrogens (tertiary/aromatic N) is 2. The summed E-state index contributed by atoms with van der Waals surface area (Å²) in [5.74, 6) is -0.392. The molecule has 0 radical (unpaired) electrons. The molecule has 1 aromatic carbocycles. The molecule has 2 aromatic rings. The molecule has 24 heavy (non-hydrogen) atoms. The number of rotatable bonds is 3. The maximum absolute atomic E-state index is 12.9. The molecule has 2 heterocycles. The molecule has 1 aliphatic rings. The van der Waals surface area contributed by atoms with Gasteiger partial charge in [-0.25, -0.2) is 0 Å². The highest BCUT2D eigenvalue weighted by molar-refractivity contribution is 6.04. The number of carbonyl (C=O) groups is 1. The van der Waals surface area contributed by atoms with Gasteiger partial charge in [-0.15, -0.1) is 0 Å². The fourth-order valence-corrected chi connectivity index (χ4v) is 2.72. The highest BCUT2D eigenvalue weighted by Gasteiger charge is 2.37. The predicted molar refractivity (Wildman–Crippen MR) is 80.8 cm³/mol. The molecule has 1 N–H and O–H groups in total. The molecule has 1 saturated heterocycles. The third-order valence-corrected chi connectivity index (χ3v) is 3.90. The first-order valence-corrected chi connectivity index (χ1v) is 7.44. The van der Waals surface area contributed by atoms with Crippen molar-refractivity contribution in [3.8, 4) is 0 Å². The molecule has 1 atom stereocenters. The summed E-state index contributed by atoms with van der Waals surface area (Å²) in [6.45, 7) is 1.26. The van der Waals surface area contributed by atoms with Crippen molar-refractivity contribution in [1.29, 1.82) is 0 Å². The minimum Gasteiger partial charge on any atom is -0.381 e. The lowest BCUT2D eigenvalue weighted by Gasteiger charge is -2.11. The van der Waals surface area contributed by atoms with Gasteiger partial charge >= 0.3 is 6.18 Å². The molecule has 1 amide bonds. The van der Waals surface area contributed by atoms with Crippen molar-refractivity contribution in [3.63, 3.8) is 0 Å². The monoisotopic (exact) mass is 339 g/mol. The molecule has 1 fully saturated rings. The second-order valence-corrected chi connectivity index (χ2v) is 5.70. The number of aryl methyl sites for hydroxylation is 1. The van der Waals surface area contributed by atoms with Gasteiger partial charge in [0.05, 0.1) is 12.3 Å². The average Bonchev–Trinajstić information content (AvgIpc) is 3.16.